The van der Waals surface area contributed by atoms with E-state index >= 15 is 0 Å². The maximum Gasteiger partial charge on any atom is 0.329 e. The Balaban J connectivity index is 1.46. The average molecular weight is 522 g/mol. The van der Waals surface area contributed by atoms with Gasteiger partial charge in [-0.25, -0.2) is 32.3 Å². The molecule has 182 valence electrons. The molecule has 8 nitrogen and oxygen atoms in total. The van der Waals surface area contributed by atoms with Crippen LogP contribution in [0.3, 0.4) is 0 Å². The lowest BCUT2D eigenvalue weighted by molar-refractivity contribution is 0.241. The van der Waals surface area contributed by atoms with E-state index in [0.29, 0.717) is 12.2 Å². The zero-order valence-corrected chi connectivity index (χ0v) is 20.3. The number of hydrogen-bond acceptors (Lipinski definition) is 6. The van der Waals surface area contributed by atoms with Gasteiger partial charge < -0.3 is 9.88 Å². The molecule has 5 rings (SSSR count). The third kappa shape index (κ3) is 4.97. The van der Waals surface area contributed by atoms with Crippen molar-refractivity contribution in [1.82, 2.24) is 24.6 Å². The van der Waals surface area contributed by atoms with Crippen molar-refractivity contribution in [1.29, 1.82) is 0 Å². The number of nitrogens with zero attached hydrogens (tertiary/aromatic N) is 3. The third-order valence-corrected chi connectivity index (χ3v) is 7.69. The van der Waals surface area contributed by atoms with Crippen molar-refractivity contribution in [2.75, 3.05) is 0 Å². The van der Waals surface area contributed by atoms with Gasteiger partial charge in [-0.2, -0.15) is 0 Å². The molecule has 1 unspecified atom stereocenters. The maximum atomic E-state index is 14.1. The number of carbonyl (C=O) groups excluding carboxylic acids is 1. The lowest BCUT2D eigenvalue weighted by Crippen LogP contribution is -2.42. The van der Waals surface area contributed by atoms with Crippen LogP contribution < -0.4 is 10.0 Å². The first kappa shape index (κ1) is 23.6. The first-order valence-electron chi connectivity index (χ1n) is 10.9. The highest BCUT2D eigenvalue weighted by Gasteiger charge is 2.25. The summed E-state index contributed by atoms with van der Waals surface area (Å²) in [6, 6.07) is 18.4. The molecule has 1 atom stereocenters. The first-order valence-corrected chi connectivity index (χ1v) is 13.3. The molecule has 0 aliphatic rings. The first-order chi connectivity index (χ1) is 17.4. The summed E-state index contributed by atoms with van der Waals surface area (Å²) in [6.07, 6.45) is 3.70. The molecule has 0 fully saturated rings. The lowest BCUT2D eigenvalue weighted by atomic mass is 10.1. The molecule has 36 heavy (non-hydrogen) atoms. The summed E-state index contributed by atoms with van der Waals surface area (Å²) in [5.74, 6) is -0.460. The zero-order valence-electron chi connectivity index (χ0n) is 18.7. The average Bonchev–Trinajstić information content (AvgIpc) is 3.53. The van der Waals surface area contributed by atoms with Gasteiger partial charge in [0.25, 0.3) is 10.0 Å². The summed E-state index contributed by atoms with van der Waals surface area (Å²) in [5.41, 5.74) is 4.30. The van der Waals surface area contributed by atoms with E-state index in [0.717, 1.165) is 33.6 Å². The van der Waals surface area contributed by atoms with Crippen molar-refractivity contribution in [3.63, 3.8) is 0 Å². The minimum atomic E-state index is -4.43. The molecule has 5 aromatic rings. The van der Waals surface area contributed by atoms with E-state index in [4.69, 9.17) is 0 Å². The van der Waals surface area contributed by atoms with Crippen LogP contribution in [-0.2, 0) is 16.4 Å². The smallest absolute Gasteiger partial charge is 0.327 e. The van der Waals surface area contributed by atoms with E-state index < -0.39 is 32.8 Å². The Morgan fingerprint density at radius 1 is 1.03 bits per heavy atom. The van der Waals surface area contributed by atoms with Gasteiger partial charge in [0.15, 0.2) is 0 Å². The maximum absolute atomic E-state index is 14.1. The fraction of sp³-hybridized carbons (Fsp3) is 0.0800. The molecule has 0 spiro atoms. The fourth-order valence-electron chi connectivity index (χ4n) is 3.87. The van der Waals surface area contributed by atoms with Gasteiger partial charge in [-0.3, -0.25) is 0 Å². The normalized spacial score (nSPS) is 12.4. The molecular formula is C25H20FN5O3S2. The standard InChI is InChI=1S/C25H20FN5O3S2/c26-19-8-4-5-9-23(19)36(33,34)30-25(32)29-21(14-17-6-2-1-3-7-17)24-27-12-13-31(24)18-10-11-22-20(15-18)28-16-35-22/h1-13,15-16,21H,14H2,(H2,29,30,32). The molecule has 2 aromatic heterocycles. The number of amides is 2. The van der Waals surface area contributed by atoms with E-state index in [2.05, 4.69) is 15.3 Å². The highest BCUT2D eigenvalue weighted by molar-refractivity contribution is 7.90. The van der Waals surface area contributed by atoms with Gasteiger partial charge in [-0.05, 0) is 42.3 Å². The van der Waals surface area contributed by atoms with Crippen LogP contribution >= 0.6 is 11.3 Å². The second kappa shape index (κ2) is 9.88. The van der Waals surface area contributed by atoms with Gasteiger partial charge in [0.05, 0.1) is 21.8 Å². The minimum Gasteiger partial charge on any atom is -0.327 e. The number of benzene rings is 3. The molecule has 0 saturated heterocycles. The number of halogens is 1. The number of thiazole rings is 1. The summed E-state index contributed by atoms with van der Waals surface area (Å²) in [5, 5.41) is 2.71. The number of carbonyl (C=O) groups is 1. The number of aromatic nitrogens is 3. The molecule has 2 N–H and O–H groups in total. The number of sulfonamides is 1. The molecule has 0 saturated carbocycles. The van der Waals surface area contributed by atoms with E-state index in [1.165, 1.54) is 23.5 Å². The Morgan fingerprint density at radius 3 is 2.61 bits per heavy atom. The molecule has 3 aromatic carbocycles. The number of rotatable bonds is 7. The van der Waals surface area contributed by atoms with E-state index in [-0.39, 0.29) is 0 Å². The van der Waals surface area contributed by atoms with Crippen molar-refractivity contribution >= 4 is 37.6 Å². The van der Waals surface area contributed by atoms with E-state index in [1.54, 1.807) is 17.9 Å². The molecule has 2 amide bonds. The number of nitrogens with one attached hydrogen (secondary N) is 2. The molecule has 11 heteroatoms. The Labute approximate surface area is 210 Å². The Bertz CT molecular complexity index is 1630. The largest absolute Gasteiger partial charge is 0.329 e. The molecule has 0 aliphatic carbocycles. The number of imidazole rings is 1. The van der Waals surface area contributed by atoms with Gasteiger partial charge in [0.1, 0.15) is 16.5 Å². The highest BCUT2D eigenvalue weighted by atomic mass is 32.2. The summed E-state index contributed by atoms with van der Waals surface area (Å²) >= 11 is 1.53. The Morgan fingerprint density at radius 2 is 1.81 bits per heavy atom. The van der Waals surface area contributed by atoms with Crippen molar-refractivity contribution in [3.8, 4) is 5.69 Å². The quantitative estimate of drug-likeness (QED) is 0.326. The van der Waals surface area contributed by atoms with Gasteiger partial charge >= 0.3 is 6.03 Å². The van der Waals surface area contributed by atoms with Crippen LogP contribution in [0.4, 0.5) is 9.18 Å². The molecule has 0 radical (unpaired) electrons. The SMILES string of the molecule is O=C(NC(Cc1ccccc1)c1nccn1-c1ccc2scnc2c1)NS(=O)(=O)c1ccccc1F. The van der Waals surface area contributed by atoms with Crippen LogP contribution in [0.1, 0.15) is 17.4 Å². The van der Waals surface area contributed by atoms with Crippen molar-refractivity contribution in [2.45, 2.75) is 17.4 Å². The lowest BCUT2D eigenvalue weighted by Gasteiger charge is -2.20. The summed E-state index contributed by atoms with van der Waals surface area (Å²) in [4.78, 5) is 21.1. The van der Waals surface area contributed by atoms with Gasteiger partial charge in [0.2, 0.25) is 0 Å². The molecule has 0 bridgehead atoms. The Kier molecular flexibility index (Phi) is 6.49. The predicted molar refractivity (Wildman–Crippen MR) is 135 cm³/mol. The summed E-state index contributed by atoms with van der Waals surface area (Å²) in [7, 11) is -4.43. The monoisotopic (exact) mass is 521 g/mol. The number of fused-ring (bicyclic) bond motifs is 1. The molecule has 2 heterocycles. The number of hydrogen-bond donors (Lipinski definition) is 2. The number of urea groups is 1. The van der Waals surface area contributed by atoms with E-state index in [9.17, 15) is 17.6 Å². The Hall–Kier alpha value is -4.09. The van der Waals surface area contributed by atoms with Crippen LogP contribution in [0.15, 0.2) is 95.6 Å². The second-order valence-electron chi connectivity index (χ2n) is 7.91. The zero-order chi connectivity index (χ0) is 25.1. The molecule has 0 aliphatic heterocycles. The highest BCUT2D eigenvalue weighted by Crippen LogP contribution is 2.25. The summed E-state index contributed by atoms with van der Waals surface area (Å²) < 4.78 is 44.1. The van der Waals surface area contributed by atoms with Crippen molar-refractivity contribution < 1.29 is 17.6 Å². The van der Waals surface area contributed by atoms with Crippen LogP contribution in [0.5, 0.6) is 0 Å². The van der Waals surface area contributed by atoms with Gasteiger partial charge in [-0.15, -0.1) is 11.3 Å². The van der Waals surface area contributed by atoms with Crippen molar-refractivity contribution in [2.24, 2.45) is 0 Å². The summed E-state index contributed by atoms with van der Waals surface area (Å²) in [6.45, 7) is 0. The van der Waals surface area contributed by atoms with Crippen LogP contribution in [0.2, 0.25) is 0 Å². The minimum absolute atomic E-state index is 0.337. The van der Waals surface area contributed by atoms with Crippen LogP contribution in [0, 0.1) is 5.82 Å². The third-order valence-electron chi connectivity index (χ3n) is 5.51. The fourth-order valence-corrected chi connectivity index (χ4v) is 5.53. The second-order valence-corrected chi connectivity index (χ2v) is 10.4. The van der Waals surface area contributed by atoms with Crippen LogP contribution in [0.25, 0.3) is 15.9 Å². The van der Waals surface area contributed by atoms with E-state index in [1.807, 2.05) is 57.8 Å². The van der Waals surface area contributed by atoms with Crippen LogP contribution in [-0.4, -0.2) is 29.0 Å². The topological polar surface area (TPSA) is 106 Å². The van der Waals surface area contributed by atoms with Crippen molar-refractivity contribution in [3.05, 3.63) is 108 Å². The van der Waals surface area contributed by atoms with Gasteiger partial charge in [-0.1, -0.05) is 42.5 Å². The van der Waals surface area contributed by atoms with Gasteiger partial charge in [0, 0.05) is 18.1 Å². The predicted octanol–water partition coefficient (Wildman–Crippen LogP) is 4.59. The molecular weight excluding hydrogens is 501 g/mol.